The first kappa shape index (κ1) is 18.0. The predicted molar refractivity (Wildman–Crippen MR) is 86.4 cm³/mol. The molecular formula is C18H31N3. The van der Waals surface area contributed by atoms with Crippen molar-refractivity contribution in [1.82, 2.24) is 4.90 Å². The van der Waals surface area contributed by atoms with Crippen LogP contribution in [0.1, 0.15) is 66.7 Å². The van der Waals surface area contributed by atoms with Gasteiger partial charge in [-0.25, -0.2) is 0 Å². The maximum absolute atomic E-state index is 9.52. The fraction of sp³-hybridized carbons (Fsp3) is 0.889. The van der Waals surface area contributed by atoms with Crippen molar-refractivity contribution in [3.63, 3.8) is 0 Å². The van der Waals surface area contributed by atoms with Gasteiger partial charge in [0.2, 0.25) is 0 Å². The van der Waals surface area contributed by atoms with Crippen molar-refractivity contribution in [1.29, 1.82) is 10.5 Å². The fourth-order valence-corrected chi connectivity index (χ4v) is 3.65. The van der Waals surface area contributed by atoms with Gasteiger partial charge in [0.05, 0.1) is 18.1 Å². The Labute approximate surface area is 130 Å². The molecule has 1 rings (SSSR count). The molecule has 0 bridgehead atoms. The fourth-order valence-electron chi connectivity index (χ4n) is 3.65. The first-order valence-electron chi connectivity index (χ1n) is 8.39. The van der Waals surface area contributed by atoms with E-state index in [2.05, 4.69) is 51.7 Å². The lowest BCUT2D eigenvalue weighted by Crippen LogP contribution is -2.49. The minimum atomic E-state index is 0.120. The van der Waals surface area contributed by atoms with Crippen LogP contribution in [0.15, 0.2) is 0 Å². The lowest BCUT2D eigenvalue weighted by atomic mass is 9.65. The highest BCUT2D eigenvalue weighted by Gasteiger charge is 2.40. The van der Waals surface area contributed by atoms with Crippen molar-refractivity contribution in [3.8, 4) is 12.1 Å². The number of rotatable bonds is 6. The van der Waals surface area contributed by atoms with Crippen molar-refractivity contribution < 1.29 is 0 Å². The summed E-state index contributed by atoms with van der Waals surface area (Å²) in [6.07, 6.45) is 5.00. The molecule has 0 aliphatic heterocycles. The highest BCUT2D eigenvalue weighted by Crippen LogP contribution is 2.43. The van der Waals surface area contributed by atoms with Crippen molar-refractivity contribution in [2.45, 2.75) is 78.8 Å². The van der Waals surface area contributed by atoms with Crippen LogP contribution in [-0.4, -0.2) is 23.5 Å². The van der Waals surface area contributed by atoms with E-state index in [1.807, 2.05) is 0 Å². The van der Waals surface area contributed by atoms with Gasteiger partial charge in [0.15, 0.2) is 0 Å². The molecule has 0 N–H and O–H groups in total. The first-order valence-corrected chi connectivity index (χ1v) is 8.39. The van der Waals surface area contributed by atoms with Crippen LogP contribution in [0.4, 0.5) is 0 Å². The van der Waals surface area contributed by atoms with E-state index in [0.717, 1.165) is 19.4 Å². The third-order valence-electron chi connectivity index (χ3n) is 5.57. The molecule has 1 saturated carbocycles. The van der Waals surface area contributed by atoms with Gasteiger partial charge in [-0.2, -0.15) is 10.5 Å². The SMILES string of the molecule is CCC(C)(C)C1CCC(C#N)C(N(CCC#N)C(C)C)C1. The summed E-state index contributed by atoms with van der Waals surface area (Å²) >= 11 is 0. The summed E-state index contributed by atoms with van der Waals surface area (Å²) in [6, 6.07) is 5.49. The van der Waals surface area contributed by atoms with Gasteiger partial charge < -0.3 is 0 Å². The smallest absolute Gasteiger partial charge is 0.0672 e. The molecule has 0 aromatic carbocycles. The van der Waals surface area contributed by atoms with Crippen molar-refractivity contribution in [2.24, 2.45) is 17.3 Å². The molecule has 3 unspecified atom stereocenters. The van der Waals surface area contributed by atoms with Crippen LogP contribution < -0.4 is 0 Å². The molecule has 0 amide bonds. The summed E-state index contributed by atoms with van der Waals surface area (Å²) in [6.45, 7) is 12.1. The molecule has 118 valence electrons. The Morgan fingerprint density at radius 2 is 1.90 bits per heavy atom. The van der Waals surface area contributed by atoms with Gasteiger partial charge in [0.25, 0.3) is 0 Å². The van der Waals surface area contributed by atoms with Crippen molar-refractivity contribution in [2.75, 3.05) is 6.54 Å². The van der Waals surface area contributed by atoms with E-state index >= 15 is 0 Å². The zero-order valence-corrected chi connectivity index (χ0v) is 14.4. The molecular weight excluding hydrogens is 258 g/mol. The Morgan fingerprint density at radius 3 is 2.38 bits per heavy atom. The zero-order chi connectivity index (χ0) is 16.0. The highest BCUT2D eigenvalue weighted by atomic mass is 15.2. The second kappa shape index (κ2) is 7.81. The predicted octanol–water partition coefficient (Wildman–Crippen LogP) is 4.36. The van der Waals surface area contributed by atoms with Crippen LogP contribution in [-0.2, 0) is 0 Å². The van der Waals surface area contributed by atoms with Crippen molar-refractivity contribution >= 4 is 0 Å². The largest absolute Gasteiger partial charge is 0.296 e. The van der Waals surface area contributed by atoms with Crippen LogP contribution >= 0.6 is 0 Å². The number of nitrogens with zero attached hydrogens (tertiary/aromatic N) is 3. The third-order valence-corrected chi connectivity index (χ3v) is 5.57. The van der Waals surface area contributed by atoms with E-state index in [-0.39, 0.29) is 5.92 Å². The van der Waals surface area contributed by atoms with Gasteiger partial charge in [-0.05, 0) is 44.4 Å². The second-order valence-corrected chi connectivity index (χ2v) is 7.39. The molecule has 3 nitrogen and oxygen atoms in total. The Bertz CT molecular complexity index is 400. The molecule has 0 saturated heterocycles. The summed E-state index contributed by atoms with van der Waals surface area (Å²) < 4.78 is 0. The number of nitriles is 2. The van der Waals surface area contributed by atoms with Crippen LogP contribution in [0.5, 0.6) is 0 Å². The average Bonchev–Trinajstić information content (AvgIpc) is 2.47. The molecule has 0 radical (unpaired) electrons. The summed E-state index contributed by atoms with van der Waals surface area (Å²) in [5, 5.41) is 18.4. The lowest BCUT2D eigenvalue weighted by molar-refractivity contribution is 0.0366. The average molecular weight is 289 g/mol. The minimum Gasteiger partial charge on any atom is -0.296 e. The Kier molecular flexibility index (Phi) is 6.69. The molecule has 0 heterocycles. The summed E-state index contributed by atoms with van der Waals surface area (Å²) in [5.41, 5.74) is 0.344. The summed E-state index contributed by atoms with van der Waals surface area (Å²) in [7, 11) is 0. The molecule has 21 heavy (non-hydrogen) atoms. The molecule has 1 aliphatic rings. The Hall–Kier alpha value is -1.06. The first-order chi connectivity index (χ1) is 9.87. The maximum Gasteiger partial charge on any atom is 0.0672 e. The lowest BCUT2D eigenvalue weighted by Gasteiger charge is -2.46. The molecule has 0 aromatic heterocycles. The van der Waals surface area contributed by atoms with E-state index in [4.69, 9.17) is 5.26 Å². The Morgan fingerprint density at radius 1 is 1.24 bits per heavy atom. The summed E-state index contributed by atoms with van der Waals surface area (Å²) in [5.74, 6) is 0.801. The van der Waals surface area contributed by atoms with Crippen molar-refractivity contribution in [3.05, 3.63) is 0 Å². The van der Waals surface area contributed by atoms with Crippen LogP contribution in [0.25, 0.3) is 0 Å². The molecule has 0 aromatic rings. The normalized spacial score (nSPS) is 26.6. The van der Waals surface area contributed by atoms with Gasteiger partial charge in [0.1, 0.15) is 0 Å². The van der Waals surface area contributed by atoms with Crippen LogP contribution in [0.3, 0.4) is 0 Å². The molecule has 3 heteroatoms. The summed E-state index contributed by atoms with van der Waals surface area (Å²) in [4.78, 5) is 2.40. The molecule has 1 aliphatic carbocycles. The third kappa shape index (κ3) is 4.45. The molecule has 1 fully saturated rings. The topological polar surface area (TPSA) is 50.8 Å². The Balaban J connectivity index is 2.92. The van der Waals surface area contributed by atoms with Gasteiger partial charge in [0, 0.05) is 25.0 Å². The van der Waals surface area contributed by atoms with Gasteiger partial charge >= 0.3 is 0 Å². The standard InChI is InChI=1S/C18H31N3/c1-6-18(4,5)16-9-8-15(13-20)17(12-16)21(14(2)3)11-7-10-19/h14-17H,6-9,11-12H2,1-5H3. The van der Waals surface area contributed by atoms with E-state index in [1.165, 1.54) is 12.8 Å². The zero-order valence-electron chi connectivity index (χ0n) is 14.4. The molecule has 0 spiro atoms. The van der Waals surface area contributed by atoms with E-state index in [0.29, 0.717) is 29.8 Å². The number of hydrogen-bond acceptors (Lipinski definition) is 3. The quantitative estimate of drug-likeness (QED) is 0.730. The van der Waals surface area contributed by atoms with E-state index in [1.54, 1.807) is 0 Å². The maximum atomic E-state index is 9.52. The monoisotopic (exact) mass is 289 g/mol. The minimum absolute atomic E-state index is 0.120. The van der Waals surface area contributed by atoms with Gasteiger partial charge in [-0.15, -0.1) is 0 Å². The molecule has 3 atom stereocenters. The second-order valence-electron chi connectivity index (χ2n) is 7.39. The van der Waals surface area contributed by atoms with Crippen LogP contribution in [0.2, 0.25) is 0 Å². The highest BCUT2D eigenvalue weighted by molar-refractivity contribution is 5.00. The number of hydrogen-bond donors (Lipinski definition) is 0. The van der Waals surface area contributed by atoms with Gasteiger partial charge in [-0.1, -0.05) is 27.2 Å². The van der Waals surface area contributed by atoms with Crippen LogP contribution in [0, 0.1) is 39.9 Å². The van der Waals surface area contributed by atoms with E-state index < -0.39 is 0 Å². The van der Waals surface area contributed by atoms with E-state index in [9.17, 15) is 5.26 Å². The van der Waals surface area contributed by atoms with Gasteiger partial charge in [-0.3, -0.25) is 4.90 Å².